The van der Waals surface area contributed by atoms with Gasteiger partial charge in [-0.05, 0) is 26.0 Å². The fraction of sp³-hybridized carbons (Fsp3) is 0.308. The number of rotatable bonds is 3. The predicted octanol–water partition coefficient (Wildman–Crippen LogP) is 2.48. The molecule has 1 heterocycles. The number of aromatic nitrogens is 1. The van der Waals surface area contributed by atoms with Gasteiger partial charge in [-0.15, -0.1) is 0 Å². The van der Waals surface area contributed by atoms with Crippen LogP contribution in [0.3, 0.4) is 0 Å². The van der Waals surface area contributed by atoms with E-state index in [1.807, 2.05) is 38.1 Å². The quantitative estimate of drug-likeness (QED) is 0.857. The number of hydrogen-bond acceptors (Lipinski definition) is 3. The van der Waals surface area contributed by atoms with Crippen LogP contribution in [0.4, 0.5) is 0 Å². The lowest BCUT2D eigenvalue weighted by Gasteiger charge is -2.15. The van der Waals surface area contributed by atoms with E-state index in [-0.39, 0.29) is 6.10 Å². The van der Waals surface area contributed by atoms with Crippen LogP contribution in [-0.2, 0) is 6.54 Å². The third-order valence-electron chi connectivity index (χ3n) is 2.37. The minimum absolute atomic E-state index is 0.135. The average molecular weight is 216 g/mol. The lowest BCUT2D eigenvalue weighted by Crippen LogP contribution is -2.10. The molecule has 84 valence electrons. The predicted molar refractivity (Wildman–Crippen MR) is 65.4 cm³/mol. The second-order valence-corrected chi connectivity index (χ2v) is 4.00. The van der Waals surface area contributed by atoms with Crippen LogP contribution in [0.15, 0.2) is 30.5 Å². The highest BCUT2D eigenvalue weighted by Gasteiger charge is 2.09. The molecule has 3 nitrogen and oxygen atoms in total. The van der Waals surface area contributed by atoms with Crippen LogP contribution in [0.2, 0.25) is 0 Å². The Morgan fingerprint density at radius 1 is 1.31 bits per heavy atom. The molecule has 0 saturated carbocycles. The molecule has 0 saturated heterocycles. The second kappa shape index (κ2) is 4.49. The van der Waals surface area contributed by atoms with Crippen molar-refractivity contribution in [2.24, 2.45) is 5.73 Å². The van der Waals surface area contributed by atoms with Crippen molar-refractivity contribution in [2.75, 3.05) is 0 Å². The van der Waals surface area contributed by atoms with Gasteiger partial charge in [0.2, 0.25) is 0 Å². The zero-order chi connectivity index (χ0) is 11.5. The summed E-state index contributed by atoms with van der Waals surface area (Å²) in [6.07, 6.45) is 1.93. The van der Waals surface area contributed by atoms with Gasteiger partial charge in [-0.25, -0.2) is 0 Å². The van der Waals surface area contributed by atoms with E-state index < -0.39 is 0 Å². The summed E-state index contributed by atoms with van der Waals surface area (Å²) in [5, 5.41) is 1.03. The van der Waals surface area contributed by atoms with Gasteiger partial charge in [0.1, 0.15) is 5.75 Å². The zero-order valence-electron chi connectivity index (χ0n) is 9.60. The summed E-state index contributed by atoms with van der Waals surface area (Å²) in [6.45, 7) is 4.46. The standard InChI is InChI=1S/C13H16N2O/c1-9(2)16-13-10(7-14)8-15-12-6-4-3-5-11(12)13/h3-6,8-9H,7,14H2,1-2H3. The molecule has 0 fully saturated rings. The molecule has 0 bridgehead atoms. The van der Waals surface area contributed by atoms with E-state index in [1.54, 1.807) is 6.20 Å². The molecule has 2 rings (SSSR count). The Morgan fingerprint density at radius 2 is 2.06 bits per heavy atom. The van der Waals surface area contributed by atoms with Gasteiger partial charge in [0.25, 0.3) is 0 Å². The van der Waals surface area contributed by atoms with Crippen molar-refractivity contribution in [1.29, 1.82) is 0 Å². The maximum absolute atomic E-state index is 5.83. The molecule has 1 aromatic carbocycles. The SMILES string of the molecule is CC(C)Oc1c(CN)cnc2ccccc12. The van der Waals surface area contributed by atoms with Crippen LogP contribution in [0.1, 0.15) is 19.4 Å². The van der Waals surface area contributed by atoms with Crippen molar-refractivity contribution >= 4 is 10.9 Å². The summed E-state index contributed by atoms with van der Waals surface area (Å²) in [5.41, 5.74) is 7.59. The largest absolute Gasteiger partial charge is 0.490 e. The molecule has 0 aliphatic carbocycles. The first-order chi connectivity index (χ1) is 7.72. The summed E-state index contributed by atoms with van der Waals surface area (Å²) in [4.78, 5) is 4.36. The van der Waals surface area contributed by atoms with Gasteiger partial charge in [0.15, 0.2) is 0 Å². The third-order valence-corrected chi connectivity index (χ3v) is 2.37. The van der Waals surface area contributed by atoms with Crippen molar-refractivity contribution in [3.8, 4) is 5.75 Å². The fourth-order valence-corrected chi connectivity index (χ4v) is 1.68. The lowest BCUT2D eigenvalue weighted by molar-refractivity contribution is 0.243. The van der Waals surface area contributed by atoms with Crippen LogP contribution >= 0.6 is 0 Å². The molecular weight excluding hydrogens is 200 g/mol. The maximum Gasteiger partial charge on any atom is 0.135 e. The van der Waals surface area contributed by atoms with Crippen LogP contribution < -0.4 is 10.5 Å². The average Bonchev–Trinajstić information content (AvgIpc) is 2.29. The zero-order valence-corrected chi connectivity index (χ0v) is 9.60. The number of nitrogens with zero attached hydrogens (tertiary/aromatic N) is 1. The molecule has 0 aliphatic heterocycles. The van der Waals surface area contributed by atoms with Crippen molar-refractivity contribution in [2.45, 2.75) is 26.5 Å². The molecule has 0 atom stereocenters. The molecule has 0 aliphatic rings. The summed E-state index contributed by atoms with van der Waals surface area (Å²) < 4.78 is 5.83. The van der Waals surface area contributed by atoms with Gasteiger partial charge in [-0.1, -0.05) is 12.1 Å². The molecule has 16 heavy (non-hydrogen) atoms. The molecule has 0 spiro atoms. The highest BCUT2D eigenvalue weighted by Crippen LogP contribution is 2.28. The molecule has 0 unspecified atom stereocenters. The van der Waals surface area contributed by atoms with Gasteiger partial charge in [0, 0.05) is 23.7 Å². The van der Waals surface area contributed by atoms with E-state index >= 15 is 0 Å². The number of hydrogen-bond donors (Lipinski definition) is 1. The number of nitrogens with two attached hydrogens (primary N) is 1. The molecule has 0 radical (unpaired) electrons. The van der Waals surface area contributed by atoms with Gasteiger partial charge in [-0.2, -0.15) is 0 Å². The van der Waals surface area contributed by atoms with Crippen LogP contribution in [-0.4, -0.2) is 11.1 Å². The van der Waals surface area contributed by atoms with Gasteiger partial charge in [-0.3, -0.25) is 4.98 Å². The van der Waals surface area contributed by atoms with Crippen molar-refractivity contribution in [3.05, 3.63) is 36.0 Å². The van der Waals surface area contributed by atoms with Crippen LogP contribution in [0, 0.1) is 0 Å². The van der Waals surface area contributed by atoms with E-state index in [1.165, 1.54) is 0 Å². The van der Waals surface area contributed by atoms with E-state index in [0.29, 0.717) is 6.54 Å². The summed E-state index contributed by atoms with van der Waals surface area (Å²) in [5.74, 6) is 0.864. The second-order valence-electron chi connectivity index (χ2n) is 4.00. The topological polar surface area (TPSA) is 48.1 Å². The highest BCUT2D eigenvalue weighted by molar-refractivity contribution is 5.86. The van der Waals surface area contributed by atoms with Crippen molar-refractivity contribution < 1.29 is 4.74 Å². The Kier molecular flexibility index (Phi) is 3.06. The first-order valence-electron chi connectivity index (χ1n) is 5.45. The summed E-state index contributed by atoms with van der Waals surface area (Å²) >= 11 is 0. The Bertz CT molecular complexity index is 494. The van der Waals surface area contributed by atoms with Crippen molar-refractivity contribution in [1.82, 2.24) is 4.98 Å². The summed E-state index contributed by atoms with van der Waals surface area (Å²) in [6, 6.07) is 7.94. The van der Waals surface area contributed by atoms with E-state index in [2.05, 4.69) is 4.98 Å². The van der Waals surface area contributed by atoms with Crippen molar-refractivity contribution in [3.63, 3.8) is 0 Å². The first-order valence-corrected chi connectivity index (χ1v) is 5.45. The number of benzene rings is 1. The Balaban J connectivity index is 2.63. The Hall–Kier alpha value is -1.61. The fourth-order valence-electron chi connectivity index (χ4n) is 1.68. The molecule has 2 aromatic rings. The smallest absolute Gasteiger partial charge is 0.135 e. The highest BCUT2D eigenvalue weighted by atomic mass is 16.5. The monoisotopic (exact) mass is 216 g/mol. The van der Waals surface area contributed by atoms with Gasteiger partial charge >= 0.3 is 0 Å². The number of pyridine rings is 1. The van der Waals surface area contributed by atoms with E-state index in [4.69, 9.17) is 10.5 Å². The molecule has 0 amide bonds. The first kappa shape index (κ1) is 10.9. The van der Waals surface area contributed by atoms with Gasteiger partial charge in [0.05, 0.1) is 11.6 Å². The maximum atomic E-state index is 5.83. The minimum Gasteiger partial charge on any atom is -0.490 e. The van der Waals surface area contributed by atoms with Crippen LogP contribution in [0.25, 0.3) is 10.9 Å². The van der Waals surface area contributed by atoms with E-state index in [0.717, 1.165) is 22.2 Å². The Labute approximate surface area is 95.2 Å². The summed E-state index contributed by atoms with van der Waals surface area (Å²) in [7, 11) is 0. The molecule has 3 heteroatoms. The van der Waals surface area contributed by atoms with Crippen LogP contribution in [0.5, 0.6) is 5.75 Å². The lowest BCUT2D eigenvalue weighted by atomic mass is 10.1. The molecule has 1 aromatic heterocycles. The third kappa shape index (κ3) is 1.99. The molecular formula is C13H16N2O. The minimum atomic E-state index is 0.135. The number of ether oxygens (including phenoxy) is 1. The number of para-hydroxylation sites is 1. The van der Waals surface area contributed by atoms with E-state index in [9.17, 15) is 0 Å². The Morgan fingerprint density at radius 3 is 2.75 bits per heavy atom. The number of fused-ring (bicyclic) bond motifs is 1. The van der Waals surface area contributed by atoms with Gasteiger partial charge < -0.3 is 10.5 Å². The normalized spacial score (nSPS) is 11.0. The molecule has 2 N–H and O–H groups in total.